The monoisotopic (exact) mass is 472 g/mol. The SMILES string of the molecule is CCOC(=O)c1ccc(N2CCCN(C(C(=O)Nc3ccc(C)cc3)c3ccccc3)CC2)nc1. The summed E-state index contributed by atoms with van der Waals surface area (Å²) < 4.78 is 5.05. The summed E-state index contributed by atoms with van der Waals surface area (Å²) in [5, 5.41) is 3.11. The Morgan fingerprint density at radius 2 is 1.74 bits per heavy atom. The number of aromatic nitrogens is 1. The molecular weight excluding hydrogens is 440 g/mol. The lowest BCUT2D eigenvalue weighted by molar-refractivity contribution is -0.121. The maximum Gasteiger partial charge on any atom is 0.339 e. The summed E-state index contributed by atoms with van der Waals surface area (Å²) >= 11 is 0. The summed E-state index contributed by atoms with van der Waals surface area (Å²) in [5.74, 6) is 0.421. The number of ether oxygens (including phenoxy) is 1. The van der Waals surface area contributed by atoms with E-state index in [0.717, 1.165) is 48.7 Å². The smallest absolute Gasteiger partial charge is 0.339 e. The summed E-state index contributed by atoms with van der Waals surface area (Å²) in [7, 11) is 0. The van der Waals surface area contributed by atoms with Gasteiger partial charge >= 0.3 is 5.97 Å². The van der Waals surface area contributed by atoms with Crippen molar-refractivity contribution in [3.8, 4) is 0 Å². The fourth-order valence-corrected chi connectivity index (χ4v) is 4.34. The molecule has 1 aliphatic rings. The lowest BCUT2D eigenvalue weighted by atomic mass is 10.0. The van der Waals surface area contributed by atoms with Crippen LogP contribution in [0.2, 0.25) is 0 Å². The Morgan fingerprint density at radius 1 is 0.971 bits per heavy atom. The molecule has 0 spiro atoms. The number of esters is 1. The Balaban J connectivity index is 1.48. The van der Waals surface area contributed by atoms with Crippen LogP contribution in [0.5, 0.6) is 0 Å². The van der Waals surface area contributed by atoms with Crippen molar-refractivity contribution in [1.82, 2.24) is 9.88 Å². The zero-order valence-corrected chi connectivity index (χ0v) is 20.3. The highest BCUT2D eigenvalue weighted by atomic mass is 16.5. The maximum atomic E-state index is 13.5. The minimum absolute atomic E-state index is 0.0367. The number of benzene rings is 2. The van der Waals surface area contributed by atoms with E-state index in [9.17, 15) is 9.59 Å². The molecule has 2 heterocycles. The van der Waals surface area contributed by atoms with Crippen molar-refractivity contribution in [3.05, 3.63) is 89.6 Å². The highest BCUT2D eigenvalue weighted by Crippen LogP contribution is 2.25. The Morgan fingerprint density at radius 3 is 2.43 bits per heavy atom. The molecule has 7 nitrogen and oxygen atoms in total. The maximum absolute atomic E-state index is 13.5. The van der Waals surface area contributed by atoms with Crippen molar-refractivity contribution in [1.29, 1.82) is 0 Å². The van der Waals surface area contributed by atoms with Crippen LogP contribution in [-0.4, -0.2) is 54.5 Å². The number of hydrogen-bond acceptors (Lipinski definition) is 6. The number of aryl methyl sites for hydroxylation is 1. The van der Waals surface area contributed by atoms with Crippen LogP contribution in [-0.2, 0) is 9.53 Å². The molecule has 0 saturated carbocycles. The van der Waals surface area contributed by atoms with Gasteiger partial charge in [-0.1, -0.05) is 48.0 Å². The molecule has 1 atom stereocenters. The molecule has 35 heavy (non-hydrogen) atoms. The van der Waals surface area contributed by atoms with Gasteiger partial charge < -0.3 is 15.0 Å². The van der Waals surface area contributed by atoms with Gasteiger partial charge in [0.05, 0.1) is 12.2 Å². The van der Waals surface area contributed by atoms with E-state index in [1.165, 1.54) is 0 Å². The summed E-state index contributed by atoms with van der Waals surface area (Å²) in [6.45, 7) is 7.20. The van der Waals surface area contributed by atoms with E-state index >= 15 is 0 Å². The molecule has 1 aliphatic heterocycles. The molecule has 7 heteroatoms. The van der Waals surface area contributed by atoms with E-state index in [-0.39, 0.29) is 11.9 Å². The standard InChI is InChI=1S/C28H32N4O3/c1-3-35-28(34)23-12-15-25(29-20-23)31-16-7-17-32(19-18-31)26(22-8-5-4-6-9-22)27(33)30-24-13-10-21(2)11-14-24/h4-6,8-15,20,26H,3,7,16-19H2,1-2H3,(H,30,33). The van der Waals surface area contributed by atoms with Crippen LogP contribution in [0.1, 0.15) is 40.9 Å². The molecular formula is C28H32N4O3. The van der Waals surface area contributed by atoms with Gasteiger partial charge in [-0.3, -0.25) is 9.69 Å². The van der Waals surface area contributed by atoms with E-state index in [2.05, 4.69) is 20.1 Å². The normalized spacial score (nSPS) is 15.2. The van der Waals surface area contributed by atoms with Gasteiger partial charge in [-0.2, -0.15) is 0 Å². The lowest BCUT2D eigenvalue weighted by Gasteiger charge is -2.30. The number of rotatable bonds is 7. The Bertz CT molecular complexity index is 1120. The van der Waals surface area contributed by atoms with Gasteiger partial charge in [0, 0.05) is 38.1 Å². The third-order valence-corrected chi connectivity index (χ3v) is 6.16. The predicted molar refractivity (Wildman–Crippen MR) is 138 cm³/mol. The molecule has 4 rings (SSSR count). The number of amides is 1. The highest BCUT2D eigenvalue weighted by Gasteiger charge is 2.29. The molecule has 1 amide bonds. The van der Waals surface area contributed by atoms with Crippen molar-refractivity contribution in [2.24, 2.45) is 0 Å². The second-order valence-corrected chi connectivity index (χ2v) is 8.67. The van der Waals surface area contributed by atoms with Gasteiger partial charge in [0.1, 0.15) is 11.9 Å². The lowest BCUT2D eigenvalue weighted by Crippen LogP contribution is -2.39. The first-order valence-corrected chi connectivity index (χ1v) is 12.1. The van der Waals surface area contributed by atoms with Crippen LogP contribution in [0.15, 0.2) is 72.9 Å². The average Bonchev–Trinajstić information content (AvgIpc) is 3.13. The van der Waals surface area contributed by atoms with Gasteiger partial charge in [0.2, 0.25) is 5.91 Å². The van der Waals surface area contributed by atoms with Crippen molar-refractivity contribution in [2.75, 3.05) is 43.0 Å². The molecule has 2 aromatic carbocycles. The number of pyridine rings is 1. The number of anilines is 2. The summed E-state index contributed by atoms with van der Waals surface area (Å²) in [4.78, 5) is 34.4. The second-order valence-electron chi connectivity index (χ2n) is 8.67. The quantitative estimate of drug-likeness (QED) is 0.512. The third-order valence-electron chi connectivity index (χ3n) is 6.16. The number of carbonyl (C=O) groups is 2. The van der Waals surface area contributed by atoms with E-state index in [1.54, 1.807) is 19.2 Å². The molecule has 0 aliphatic carbocycles. The third kappa shape index (κ3) is 6.25. The second kappa shape index (κ2) is 11.6. The molecule has 1 unspecified atom stereocenters. The molecule has 1 saturated heterocycles. The number of nitrogens with zero attached hydrogens (tertiary/aromatic N) is 3. The van der Waals surface area contributed by atoms with Gasteiger partial charge in [-0.25, -0.2) is 9.78 Å². The minimum atomic E-state index is -0.392. The van der Waals surface area contributed by atoms with E-state index in [1.807, 2.05) is 67.6 Å². The van der Waals surface area contributed by atoms with Gasteiger partial charge in [0.15, 0.2) is 0 Å². The summed E-state index contributed by atoms with van der Waals surface area (Å²) in [5.41, 5.74) is 3.37. The zero-order chi connectivity index (χ0) is 24.6. The van der Waals surface area contributed by atoms with Crippen molar-refractivity contribution < 1.29 is 14.3 Å². The molecule has 182 valence electrons. The fourth-order valence-electron chi connectivity index (χ4n) is 4.34. The first-order valence-electron chi connectivity index (χ1n) is 12.1. The minimum Gasteiger partial charge on any atom is -0.462 e. The largest absolute Gasteiger partial charge is 0.462 e. The van der Waals surface area contributed by atoms with Gasteiger partial charge in [0.25, 0.3) is 0 Å². The summed E-state index contributed by atoms with van der Waals surface area (Å²) in [6, 6.07) is 21.0. The van der Waals surface area contributed by atoms with Crippen LogP contribution < -0.4 is 10.2 Å². The van der Waals surface area contributed by atoms with Crippen molar-refractivity contribution >= 4 is 23.4 Å². The predicted octanol–water partition coefficient (Wildman–Crippen LogP) is 4.46. The Kier molecular flexibility index (Phi) is 8.11. The van der Waals surface area contributed by atoms with Crippen LogP contribution in [0.4, 0.5) is 11.5 Å². The van der Waals surface area contributed by atoms with Crippen molar-refractivity contribution in [3.63, 3.8) is 0 Å². The molecule has 1 aromatic heterocycles. The molecule has 0 radical (unpaired) electrons. The van der Waals surface area contributed by atoms with Crippen LogP contribution in [0, 0.1) is 6.92 Å². The highest BCUT2D eigenvalue weighted by molar-refractivity contribution is 5.95. The molecule has 3 aromatic rings. The van der Waals surface area contributed by atoms with Crippen LogP contribution in [0.3, 0.4) is 0 Å². The van der Waals surface area contributed by atoms with Crippen molar-refractivity contribution in [2.45, 2.75) is 26.3 Å². The van der Waals surface area contributed by atoms with Gasteiger partial charge in [-0.05, 0) is 50.1 Å². The molecule has 1 N–H and O–H groups in total. The Labute approximate surface area is 206 Å². The number of carbonyl (C=O) groups excluding carboxylic acids is 2. The van der Waals surface area contributed by atoms with E-state index in [4.69, 9.17) is 4.74 Å². The van der Waals surface area contributed by atoms with Crippen LogP contribution >= 0.6 is 0 Å². The van der Waals surface area contributed by atoms with Crippen LogP contribution in [0.25, 0.3) is 0 Å². The summed E-state index contributed by atoms with van der Waals surface area (Å²) in [6.07, 6.45) is 2.46. The van der Waals surface area contributed by atoms with Gasteiger partial charge in [-0.15, -0.1) is 0 Å². The average molecular weight is 473 g/mol. The fraction of sp³-hybridized carbons (Fsp3) is 0.321. The molecule has 0 bridgehead atoms. The zero-order valence-electron chi connectivity index (χ0n) is 20.3. The Hall–Kier alpha value is -3.71. The molecule has 1 fully saturated rings. The number of hydrogen-bond donors (Lipinski definition) is 1. The van der Waals surface area contributed by atoms with E-state index in [0.29, 0.717) is 18.7 Å². The topological polar surface area (TPSA) is 74.8 Å². The first-order chi connectivity index (χ1) is 17.0. The van der Waals surface area contributed by atoms with E-state index < -0.39 is 6.04 Å². The first kappa shape index (κ1) is 24.4. The number of nitrogens with one attached hydrogen (secondary N) is 1.